The molecule has 1 amide bonds. The SMILES string of the molecule is NC(=O)CC1NCSN1N. The quantitative estimate of drug-likeness (QED) is 0.342. The van der Waals surface area contributed by atoms with Crippen LogP contribution in [0.5, 0.6) is 0 Å². The Morgan fingerprint density at radius 2 is 2.60 bits per heavy atom. The summed E-state index contributed by atoms with van der Waals surface area (Å²) in [5.41, 5.74) is 4.96. The Morgan fingerprint density at radius 3 is 3.00 bits per heavy atom. The van der Waals surface area contributed by atoms with Crippen molar-refractivity contribution in [3.8, 4) is 0 Å². The summed E-state index contributed by atoms with van der Waals surface area (Å²) < 4.78 is 1.50. The van der Waals surface area contributed by atoms with Crippen molar-refractivity contribution in [3.63, 3.8) is 0 Å². The van der Waals surface area contributed by atoms with Gasteiger partial charge in [0.15, 0.2) is 0 Å². The van der Waals surface area contributed by atoms with E-state index in [1.807, 2.05) is 0 Å². The molecule has 6 heteroatoms. The molecule has 0 saturated carbocycles. The highest BCUT2D eigenvalue weighted by molar-refractivity contribution is 7.97. The molecule has 5 nitrogen and oxygen atoms in total. The van der Waals surface area contributed by atoms with Crippen LogP contribution in [0.4, 0.5) is 0 Å². The summed E-state index contributed by atoms with van der Waals surface area (Å²) in [6, 6.07) is 0. The molecule has 0 aromatic heterocycles. The Morgan fingerprint density at radius 1 is 1.90 bits per heavy atom. The lowest BCUT2D eigenvalue weighted by atomic mass is 10.3. The van der Waals surface area contributed by atoms with Crippen LogP contribution in [0.1, 0.15) is 6.42 Å². The highest BCUT2D eigenvalue weighted by Gasteiger charge is 2.22. The minimum Gasteiger partial charge on any atom is -0.370 e. The first kappa shape index (κ1) is 7.80. The molecule has 0 bridgehead atoms. The largest absolute Gasteiger partial charge is 0.370 e. The molecule has 0 aromatic rings. The van der Waals surface area contributed by atoms with E-state index in [2.05, 4.69) is 5.32 Å². The van der Waals surface area contributed by atoms with Crippen molar-refractivity contribution >= 4 is 17.9 Å². The van der Waals surface area contributed by atoms with Crippen molar-refractivity contribution in [2.75, 3.05) is 5.88 Å². The van der Waals surface area contributed by atoms with E-state index in [0.29, 0.717) is 0 Å². The maximum atomic E-state index is 10.4. The molecule has 0 spiro atoms. The molecule has 1 aliphatic heterocycles. The van der Waals surface area contributed by atoms with Gasteiger partial charge in [0.1, 0.15) is 0 Å². The van der Waals surface area contributed by atoms with E-state index in [9.17, 15) is 4.79 Å². The highest BCUT2D eigenvalue weighted by Crippen LogP contribution is 2.15. The number of nitrogens with two attached hydrogens (primary N) is 2. The van der Waals surface area contributed by atoms with Gasteiger partial charge in [-0.2, -0.15) is 4.41 Å². The Hall–Kier alpha value is -0.300. The number of hydrogen-bond acceptors (Lipinski definition) is 5. The summed E-state index contributed by atoms with van der Waals surface area (Å²) in [6.07, 6.45) is 0.172. The van der Waals surface area contributed by atoms with Crippen LogP contribution in [0.2, 0.25) is 0 Å². The molecule has 1 aliphatic rings. The van der Waals surface area contributed by atoms with E-state index in [1.54, 1.807) is 0 Å². The number of hydrazine groups is 1. The molecule has 10 heavy (non-hydrogen) atoms. The third-order valence-electron chi connectivity index (χ3n) is 1.23. The molecule has 5 N–H and O–H groups in total. The Balaban J connectivity index is 2.33. The van der Waals surface area contributed by atoms with Crippen molar-refractivity contribution in [1.29, 1.82) is 0 Å². The van der Waals surface area contributed by atoms with Gasteiger partial charge >= 0.3 is 0 Å². The lowest BCUT2D eigenvalue weighted by molar-refractivity contribution is -0.118. The predicted octanol–water partition coefficient (Wildman–Crippen LogP) is -1.43. The summed E-state index contributed by atoms with van der Waals surface area (Å²) in [7, 11) is 0. The summed E-state index contributed by atoms with van der Waals surface area (Å²) in [4.78, 5) is 10.4. The summed E-state index contributed by atoms with van der Waals surface area (Å²) >= 11 is 1.44. The molecule has 0 aliphatic carbocycles. The zero-order chi connectivity index (χ0) is 7.56. The van der Waals surface area contributed by atoms with Gasteiger partial charge in [0.25, 0.3) is 0 Å². The number of carbonyl (C=O) groups excluding carboxylic acids is 1. The standard InChI is InChI=1S/C4H10N4OS/c5-3(9)1-4-7-2-10-8(4)6/h4,7H,1-2,6H2,(H2,5,9). The molecule has 1 unspecified atom stereocenters. The normalized spacial score (nSPS) is 27.1. The zero-order valence-corrected chi connectivity index (χ0v) is 6.23. The molecule has 58 valence electrons. The van der Waals surface area contributed by atoms with Crippen LogP contribution in [0.15, 0.2) is 0 Å². The van der Waals surface area contributed by atoms with Crippen LogP contribution in [0.25, 0.3) is 0 Å². The lowest BCUT2D eigenvalue weighted by Gasteiger charge is -2.14. The van der Waals surface area contributed by atoms with Crippen LogP contribution in [-0.4, -0.2) is 22.4 Å². The van der Waals surface area contributed by atoms with E-state index < -0.39 is 0 Å². The van der Waals surface area contributed by atoms with Crippen molar-refractivity contribution in [2.24, 2.45) is 11.6 Å². The summed E-state index contributed by atoms with van der Waals surface area (Å²) in [5.74, 6) is 5.86. The van der Waals surface area contributed by atoms with Crippen molar-refractivity contribution in [2.45, 2.75) is 12.6 Å². The average molecular weight is 162 g/mol. The van der Waals surface area contributed by atoms with Gasteiger partial charge in [-0.05, 0) is 11.9 Å². The molecule has 0 radical (unpaired) electrons. The number of carbonyl (C=O) groups is 1. The zero-order valence-electron chi connectivity index (χ0n) is 5.41. The minimum absolute atomic E-state index is 0.0949. The number of amides is 1. The monoisotopic (exact) mass is 162 g/mol. The van der Waals surface area contributed by atoms with Gasteiger partial charge < -0.3 is 5.73 Å². The van der Waals surface area contributed by atoms with Crippen molar-refractivity contribution in [1.82, 2.24) is 9.73 Å². The maximum absolute atomic E-state index is 10.4. The molecular weight excluding hydrogens is 152 g/mol. The van der Waals surface area contributed by atoms with E-state index in [0.717, 1.165) is 5.88 Å². The molecule has 1 rings (SSSR count). The van der Waals surface area contributed by atoms with Crippen LogP contribution in [0.3, 0.4) is 0 Å². The van der Waals surface area contributed by atoms with Gasteiger partial charge in [-0.25, -0.2) is 0 Å². The van der Waals surface area contributed by atoms with Crippen LogP contribution >= 0.6 is 11.9 Å². The Kier molecular flexibility index (Phi) is 2.50. The third kappa shape index (κ3) is 1.84. The van der Waals surface area contributed by atoms with Gasteiger partial charge in [-0.3, -0.25) is 16.0 Å². The summed E-state index contributed by atoms with van der Waals surface area (Å²) in [5, 5.41) is 3.00. The lowest BCUT2D eigenvalue weighted by Crippen LogP contribution is -2.41. The van der Waals surface area contributed by atoms with Crippen molar-refractivity contribution in [3.05, 3.63) is 0 Å². The minimum atomic E-state index is -0.338. The first-order chi connectivity index (χ1) is 4.70. The van der Waals surface area contributed by atoms with E-state index >= 15 is 0 Å². The Bertz CT molecular complexity index is 141. The fraction of sp³-hybridized carbons (Fsp3) is 0.750. The van der Waals surface area contributed by atoms with Crippen LogP contribution < -0.4 is 16.9 Å². The molecule has 1 heterocycles. The van der Waals surface area contributed by atoms with Crippen LogP contribution in [0, 0.1) is 0 Å². The number of hydrogen-bond donors (Lipinski definition) is 3. The predicted molar refractivity (Wildman–Crippen MR) is 39.2 cm³/mol. The first-order valence-electron chi connectivity index (χ1n) is 2.88. The number of nitrogens with zero attached hydrogens (tertiary/aromatic N) is 1. The van der Waals surface area contributed by atoms with Gasteiger partial charge in [0.05, 0.1) is 18.5 Å². The fourth-order valence-corrected chi connectivity index (χ4v) is 1.49. The first-order valence-corrected chi connectivity index (χ1v) is 3.83. The topological polar surface area (TPSA) is 84.4 Å². The van der Waals surface area contributed by atoms with Gasteiger partial charge in [0, 0.05) is 0 Å². The number of primary amides is 1. The van der Waals surface area contributed by atoms with Gasteiger partial charge in [-0.15, -0.1) is 0 Å². The molecule has 0 aromatic carbocycles. The van der Waals surface area contributed by atoms with Gasteiger partial charge in [0.2, 0.25) is 5.91 Å². The smallest absolute Gasteiger partial charge is 0.220 e. The Labute approximate surface area is 63.2 Å². The second-order valence-electron chi connectivity index (χ2n) is 2.02. The number of rotatable bonds is 2. The van der Waals surface area contributed by atoms with Crippen LogP contribution in [-0.2, 0) is 4.79 Å². The van der Waals surface area contributed by atoms with Crippen molar-refractivity contribution < 1.29 is 4.79 Å². The maximum Gasteiger partial charge on any atom is 0.220 e. The highest BCUT2D eigenvalue weighted by atomic mass is 32.2. The molecule has 1 fully saturated rings. The van der Waals surface area contributed by atoms with Gasteiger partial charge in [-0.1, -0.05) is 0 Å². The second-order valence-corrected chi connectivity index (χ2v) is 2.99. The third-order valence-corrected chi connectivity index (χ3v) is 2.08. The van der Waals surface area contributed by atoms with E-state index in [4.69, 9.17) is 11.6 Å². The molecular formula is C4H10N4OS. The van der Waals surface area contributed by atoms with E-state index in [-0.39, 0.29) is 18.5 Å². The second kappa shape index (κ2) is 3.20. The fourth-order valence-electron chi connectivity index (χ4n) is 0.741. The average Bonchev–Trinajstić information content (AvgIpc) is 2.15. The molecule has 1 saturated heterocycles. The molecule has 1 atom stereocenters. The summed E-state index contributed by atoms with van der Waals surface area (Å²) in [6.45, 7) is 0. The number of nitrogens with one attached hydrogen (secondary N) is 1. The van der Waals surface area contributed by atoms with E-state index in [1.165, 1.54) is 16.4 Å².